The Morgan fingerprint density at radius 1 is 1.50 bits per heavy atom. The molecule has 0 amide bonds. The largest absolute Gasteiger partial charge is 0.378 e. The summed E-state index contributed by atoms with van der Waals surface area (Å²) in [6.45, 7) is 6.66. The van der Waals surface area contributed by atoms with Crippen LogP contribution in [0.5, 0.6) is 0 Å². The van der Waals surface area contributed by atoms with E-state index in [1.165, 1.54) is 0 Å². The SMILES string of the molecule is COC1(C)CC(Nc2ccnn2C)C1(C)C. The Morgan fingerprint density at radius 3 is 2.62 bits per heavy atom. The maximum absolute atomic E-state index is 5.61. The molecular formula is C12H21N3O. The van der Waals surface area contributed by atoms with Crippen LogP contribution in [0.3, 0.4) is 0 Å². The third-order valence-corrected chi connectivity index (χ3v) is 4.42. The Morgan fingerprint density at radius 2 is 2.19 bits per heavy atom. The summed E-state index contributed by atoms with van der Waals surface area (Å²) in [5, 5.41) is 7.68. The van der Waals surface area contributed by atoms with E-state index in [1.807, 2.05) is 24.0 Å². The Bertz CT molecular complexity index is 385. The number of anilines is 1. The van der Waals surface area contributed by atoms with Crippen molar-refractivity contribution in [2.45, 2.75) is 38.8 Å². The minimum absolute atomic E-state index is 0.0245. The third-order valence-electron chi connectivity index (χ3n) is 4.42. The summed E-state index contributed by atoms with van der Waals surface area (Å²) < 4.78 is 7.47. The van der Waals surface area contributed by atoms with Crippen LogP contribution in [0.1, 0.15) is 27.2 Å². The second-order valence-corrected chi connectivity index (χ2v) is 5.40. The van der Waals surface area contributed by atoms with E-state index >= 15 is 0 Å². The molecule has 2 atom stereocenters. The molecule has 1 fully saturated rings. The van der Waals surface area contributed by atoms with Gasteiger partial charge in [-0.3, -0.25) is 4.68 Å². The van der Waals surface area contributed by atoms with Crippen molar-refractivity contribution in [2.75, 3.05) is 12.4 Å². The van der Waals surface area contributed by atoms with Gasteiger partial charge in [0.15, 0.2) is 0 Å². The van der Waals surface area contributed by atoms with E-state index in [0.717, 1.165) is 12.2 Å². The molecular weight excluding hydrogens is 202 g/mol. The van der Waals surface area contributed by atoms with E-state index in [2.05, 4.69) is 31.2 Å². The van der Waals surface area contributed by atoms with Gasteiger partial charge in [-0.25, -0.2) is 0 Å². The maximum atomic E-state index is 5.61. The van der Waals surface area contributed by atoms with Crippen LogP contribution in [0.4, 0.5) is 5.82 Å². The monoisotopic (exact) mass is 223 g/mol. The molecule has 0 bridgehead atoms. The van der Waals surface area contributed by atoms with Gasteiger partial charge in [-0.15, -0.1) is 0 Å². The van der Waals surface area contributed by atoms with Crippen molar-refractivity contribution in [2.24, 2.45) is 12.5 Å². The number of methoxy groups -OCH3 is 1. The molecule has 90 valence electrons. The first-order valence-corrected chi connectivity index (χ1v) is 5.70. The van der Waals surface area contributed by atoms with Crippen LogP contribution in [0, 0.1) is 5.41 Å². The standard InChI is InChI=1S/C12H21N3O/c1-11(2)9(8-12(11,3)16-5)14-10-6-7-13-15(10)4/h6-7,9,14H,8H2,1-5H3. The van der Waals surface area contributed by atoms with Crippen LogP contribution < -0.4 is 5.32 Å². The van der Waals surface area contributed by atoms with Crippen molar-refractivity contribution in [3.63, 3.8) is 0 Å². The molecule has 1 saturated carbocycles. The topological polar surface area (TPSA) is 39.1 Å². The smallest absolute Gasteiger partial charge is 0.124 e. The Labute approximate surface area is 97.0 Å². The molecule has 1 aromatic heterocycles. The molecule has 0 spiro atoms. The number of ether oxygens (including phenoxy) is 1. The van der Waals surface area contributed by atoms with Gasteiger partial charge in [-0.1, -0.05) is 13.8 Å². The van der Waals surface area contributed by atoms with Gasteiger partial charge in [-0.2, -0.15) is 5.10 Å². The minimum atomic E-state index is -0.0245. The summed E-state index contributed by atoms with van der Waals surface area (Å²) in [5.74, 6) is 1.07. The predicted octanol–water partition coefficient (Wildman–Crippen LogP) is 2.04. The first-order valence-electron chi connectivity index (χ1n) is 5.70. The zero-order valence-electron chi connectivity index (χ0n) is 10.7. The van der Waals surface area contributed by atoms with Crippen molar-refractivity contribution >= 4 is 5.82 Å². The average Bonchev–Trinajstić information content (AvgIpc) is 2.63. The second-order valence-electron chi connectivity index (χ2n) is 5.40. The van der Waals surface area contributed by atoms with Gasteiger partial charge < -0.3 is 10.1 Å². The Kier molecular flexibility index (Phi) is 2.49. The number of aryl methyl sites for hydroxylation is 1. The maximum Gasteiger partial charge on any atom is 0.124 e. The number of rotatable bonds is 3. The van der Waals surface area contributed by atoms with E-state index in [0.29, 0.717) is 6.04 Å². The average molecular weight is 223 g/mol. The molecule has 2 rings (SSSR count). The summed E-state index contributed by atoms with van der Waals surface area (Å²) >= 11 is 0. The quantitative estimate of drug-likeness (QED) is 0.852. The highest BCUT2D eigenvalue weighted by Crippen LogP contribution is 2.52. The highest BCUT2D eigenvalue weighted by molar-refractivity contribution is 5.38. The molecule has 16 heavy (non-hydrogen) atoms. The second kappa shape index (κ2) is 3.48. The molecule has 1 aromatic rings. The van der Waals surface area contributed by atoms with E-state index in [1.54, 1.807) is 7.11 Å². The summed E-state index contributed by atoms with van der Waals surface area (Å²) in [5.41, 5.74) is 0.106. The number of nitrogens with one attached hydrogen (secondary N) is 1. The fourth-order valence-electron chi connectivity index (χ4n) is 2.42. The van der Waals surface area contributed by atoms with Crippen LogP contribution >= 0.6 is 0 Å². The van der Waals surface area contributed by atoms with Gasteiger partial charge in [0.2, 0.25) is 0 Å². The van der Waals surface area contributed by atoms with Crippen molar-refractivity contribution in [3.8, 4) is 0 Å². The molecule has 0 aromatic carbocycles. The fourth-order valence-corrected chi connectivity index (χ4v) is 2.42. The lowest BCUT2D eigenvalue weighted by Crippen LogP contribution is -2.65. The lowest BCUT2D eigenvalue weighted by molar-refractivity contribution is -0.166. The molecule has 0 radical (unpaired) electrons. The molecule has 4 heteroatoms. The van der Waals surface area contributed by atoms with Gasteiger partial charge in [-0.05, 0) is 13.3 Å². The Balaban J connectivity index is 2.08. The zero-order valence-corrected chi connectivity index (χ0v) is 10.7. The van der Waals surface area contributed by atoms with Crippen LogP contribution in [-0.4, -0.2) is 28.5 Å². The van der Waals surface area contributed by atoms with Crippen LogP contribution in [0.15, 0.2) is 12.3 Å². The van der Waals surface area contributed by atoms with E-state index in [4.69, 9.17) is 4.74 Å². The van der Waals surface area contributed by atoms with Crippen molar-refractivity contribution < 1.29 is 4.74 Å². The number of aromatic nitrogens is 2. The molecule has 1 heterocycles. The summed E-state index contributed by atoms with van der Waals surface area (Å²) in [6, 6.07) is 2.44. The lowest BCUT2D eigenvalue weighted by Gasteiger charge is -2.59. The van der Waals surface area contributed by atoms with Crippen molar-refractivity contribution in [1.29, 1.82) is 0 Å². The summed E-state index contributed by atoms with van der Waals surface area (Å²) in [4.78, 5) is 0. The van der Waals surface area contributed by atoms with Gasteiger partial charge in [0, 0.05) is 31.7 Å². The van der Waals surface area contributed by atoms with Crippen molar-refractivity contribution in [3.05, 3.63) is 12.3 Å². The normalized spacial score (nSPS) is 32.2. The minimum Gasteiger partial charge on any atom is -0.378 e. The van der Waals surface area contributed by atoms with E-state index in [-0.39, 0.29) is 11.0 Å². The fraction of sp³-hybridized carbons (Fsp3) is 0.750. The molecule has 4 nitrogen and oxygen atoms in total. The third kappa shape index (κ3) is 1.44. The van der Waals surface area contributed by atoms with Gasteiger partial charge in [0.1, 0.15) is 5.82 Å². The predicted molar refractivity (Wildman–Crippen MR) is 64.4 cm³/mol. The van der Waals surface area contributed by atoms with Crippen LogP contribution in [0.2, 0.25) is 0 Å². The number of hydrogen-bond donors (Lipinski definition) is 1. The highest BCUT2D eigenvalue weighted by atomic mass is 16.5. The summed E-state index contributed by atoms with van der Waals surface area (Å²) in [7, 11) is 3.74. The molecule has 0 saturated heterocycles. The van der Waals surface area contributed by atoms with Gasteiger partial charge in [0.25, 0.3) is 0 Å². The molecule has 1 aliphatic carbocycles. The number of hydrogen-bond acceptors (Lipinski definition) is 3. The molecule has 1 N–H and O–H groups in total. The molecule has 1 aliphatic rings. The number of nitrogens with zero attached hydrogens (tertiary/aromatic N) is 2. The van der Waals surface area contributed by atoms with E-state index < -0.39 is 0 Å². The van der Waals surface area contributed by atoms with Gasteiger partial charge in [0.05, 0.1) is 11.8 Å². The Hall–Kier alpha value is -1.03. The first-order chi connectivity index (χ1) is 7.40. The molecule has 0 aliphatic heterocycles. The first kappa shape index (κ1) is 11.5. The summed E-state index contributed by atoms with van der Waals surface area (Å²) in [6.07, 6.45) is 2.84. The van der Waals surface area contributed by atoms with Crippen LogP contribution in [-0.2, 0) is 11.8 Å². The lowest BCUT2D eigenvalue weighted by atomic mass is 9.56. The van der Waals surface area contributed by atoms with Crippen LogP contribution in [0.25, 0.3) is 0 Å². The van der Waals surface area contributed by atoms with E-state index in [9.17, 15) is 0 Å². The zero-order chi connectivity index (χ0) is 12.0. The molecule has 2 unspecified atom stereocenters. The van der Waals surface area contributed by atoms with Crippen molar-refractivity contribution in [1.82, 2.24) is 9.78 Å². The van der Waals surface area contributed by atoms with Gasteiger partial charge >= 0.3 is 0 Å². The highest BCUT2D eigenvalue weighted by Gasteiger charge is 2.57.